The van der Waals surface area contributed by atoms with E-state index in [4.69, 9.17) is 10.8 Å². The van der Waals surface area contributed by atoms with Crippen molar-refractivity contribution in [3.63, 3.8) is 0 Å². The van der Waals surface area contributed by atoms with Crippen molar-refractivity contribution in [2.45, 2.75) is 33.2 Å². The molecule has 15 heavy (non-hydrogen) atoms. The molecule has 1 atom stereocenters. The van der Waals surface area contributed by atoms with Gasteiger partial charge in [-0.1, -0.05) is 13.0 Å². The topological polar surface area (TPSA) is 63.3 Å². The van der Waals surface area contributed by atoms with Gasteiger partial charge >= 0.3 is 5.97 Å². The molecule has 3 nitrogen and oxygen atoms in total. The van der Waals surface area contributed by atoms with Crippen LogP contribution in [0.5, 0.6) is 0 Å². The zero-order valence-electron chi connectivity index (χ0n) is 9.37. The molecular weight excluding hydrogens is 190 g/mol. The van der Waals surface area contributed by atoms with Crippen molar-refractivity contribution in [2.24, 2.45) is 5.73 Å². The van der Waals surface area contributed by atoms with Crippen LogP contribution in [0.4, 0.5) is 0 Å². The van der Waals surface area contributed by atoms with E-state index in [1.807, 2.05) is 26.8 Å². The number of benzene rings is 1. The Bertz CT molecular complexity index is 383. The molecule has 1 aromatic carbocycles. The lowest BCUT2D eigenvalue weighted by Crippen LogP contribution is -2.12. The number of carboxylic acid groups (broad SMARTS) is 1. The predicted molar refractivity (Wildman–Crippen MR) is 60.1 cm³/mol. The summed E-state index contributed by atoms with van der Waals surface area (Å²) >= 11 is 0. The van der Waals surface area contributed by atoms with Crippen LogP contribution in [0.2, 0.25) is 0 Å². The third-order valence-corrected chi connectivity index (χ3v) is 2.71. The molecule has 1 rings (SSSR count). The van der Waals surface area contributed by atoms with Crippen LogP contribution in [0, 0.1) is 6.92 Å². The number of hydrogen-bond acceptors (Lipinski definition) is 2. The molecule has 0 amide bonds. The van der Waals surface area contributed by atoms with E-state index in [9.17, 15) is 4.79 Å². The fourth-order valence-corrected chi connectivity index (χ4v) is 1.91. The van der Waals surface area contributed by atoms with E-state index in [1.165, 1.54) is 0 Å². The summed E-state index contributed by atoms with van der Waals surface area (Å²) in [6.45, 7) is 5.77. The van der Waals surface area contributed by atoms with Crippen LogP contribution in [0.1, 0.15) is 46.9 Å². The van der Waals surface area contributed by atoms with E-state index >= 15 is 0 Å². The fraction of sp³-hybridized carbons (Fsp3) is 0.417. The molecule has 0 aromatic heterocycles. The first kappa shape index (κ1) is 11.7. The van der Waals surface area contributed by atoms with Crippen molar-refractivity contribution in [3.05, 3.63) is 34.4 Å². The summed E-state index contributed by atoms with van der Waals surface area (Å²) in [6, 6.07) is 3.40. The van der Waals surface area contributed by atoms with Crippen molar-refractivity contribution in [3.8, 4) is 0 Å². The first-order chi connectivity index (χ1) is 6.99. The number of carboxylic acids is 1. The Balaban J connectivity index is 3.39. The highest BCUT2D eigenvalue weighted by molar-refractivity contribution is 5.89. The SMILES string of the molecule is CCc1c([C@H](C)N)ccc(C(=O)O)c1C. The predicted octanol–water partition coefficient (Wildman–Crippen LogP) is 2.28. The quantitative estimate of drug-likeness (QED) is 0.799. The average molecular weight is 207 g/mol. The molecule has 3 N–H and O–H groups in total. The van der Waals surface area contributed by atoms with Crippen molar-refractivity contribution in [1.82, 2.24) is 0 Å². The summed E-state index contributed by atoms with van der Waals surface area (Å²) in [6.07, 6.45) is 0.809. The highest BCUT2D eigenvalue weighted by atomic mass is 16.4. The lowest BCUT2D eigenvalue weighted by molar-refractivity contribution is 0.0696. The van der Waals surface area contributed by atoms with Crippen LogP contribution in [-0.4, -0.2) is 11.1 Å². The second kappa shape index (κ2) is 4.45. The highest BCUT2D eigenvalue weighted by Crippen LogP contribution is 2.23. The van der Waals surface area contributed by atoms with Crippen molar-refractivity contribution < 1.29 is 9.90 Å². The molecule has 0 radical (unpaired) electrons. The molecule has 0 spiro atoms. The Labute approximate surface area is 89.9 Å². The zero-order chi connectivity index (χ0) is 11.6. The average Bonchev–Trinajstić information content (AvgIpc) is 2.16. The Kier molecular flexibility index (Phi) is 3.48. The highest BCUT2D eigenvalue weighted by Gasteiger charge is 2.14. The third-order valence-electron chi connectivity index (χ3n) is 2.71. The van der Waals surface area contributed by atoms with Gasteiger partial charge in [-0.2, -0.15) is 0 Å². The third kappa shape index (κ3) is 2.18. The minimum Gasteiger partial charge on any atom is -0.478 e. The van der Waals surface area contributed by atoms with Gasteiger partial charge in [-0.15, -0.1) is 0 Å². The summed E-state index contributed by atoms with van der Waals surface area (Å²) in [7, 11) is 0. The Morgan fingerprint density at radius 1 is 1.53 bits per heavy atom. The van der Waals surface area contributed by atoms with Gasteiger partial charge in [-0.3, -0.25) is 0 Å². The van der Waals surface area contributed by atoms with Crippen LogP contribution >= 0.6 is 0 Å². The van der Waals surface area contributed by atoms with E-state index in [1.54, 1.807) is 6.07 Å². The van der Waals surface area contributed by atoms with Crippen molar-refractivity contribution in [2.75, 3.05) is 0 Å². The van der Waals surface area contributed by atoms with Crippen molar-refractivity contribution in [1.29, 1.82) is 0 Å². The molecule has 0 fully saturated rings. The molecule has 0 unspecified atom stereocenters. The maximum Gasteiger partial charge on any atom is 0.335 e. The van der Waals surface area contributed by atoms with Gasteiger partial charge in [0.15, 0.2) is 0 Å². The number of rotatable bonds is 3. The summed E-state index contributed by atoms with van der Waals surface area (Å²) in [5.41, 5.74) is 9.14. The summed E-state index contributed by atoms with van der Waals surface area (Å²) in [5.74, 6) is -0.876. The van der Waals surface area contributed by atoms with E-state index in [-0.39, 0.29) is 6.04 Å². The number of hydrogen-bond donors (Lipinski definition) is 2. The van der Waals surface area contributed by atoms with E-state index < -0.39 is 5.97 Å². The summed E-state index contributed by atoms with van der Waals surface area (Å²) in [5, 5.41) is 8.98. The maximum atomic E-state index is 10.9. The van der Waals surface area contributed by atoms with Gasteiger partial charge in [-0.25, -0.2) is 4.79 Å². The van der Waals surface area contributed by atoms with E-state index in [0.717, 1.165) is 23.1 Å². The molecule has 0 aliphatic rings. The van der Waals surface area contributed by atoms with Gasteiger partial charge < -0.3 is 10.8 Å². The fourth-order valence-electron chi connectivity index (χ4n) is 1.91. The summed E-state index contributed by atoms with van der Waals surface area (Å²) < 4.78 is 0. The first-order valence-corrected chi connectivity index (χ1v) is 5.10. The number of carbonyl (C=O) groups is 1. The normalized spacial score (nSPS) is 12.5. The van der Waals surface area contributed by atoms with Crippen molar-refractivity contribution >= 4 is 5.97 Å². The van der Waals surface area contributed by atoms with Gasteiger partial charge in [0, 0.05) is 6.04 Å². The smallest absolute Gasteiger partial charge is 0.335 e. The Morgan fingerprint density at radius 3 is 2.53 bits per heavy atom. The second-order valence-corrected chi connectivity index (χ2v) is 3.75. The van der Waals surface area contributed by atoms with Gasteiger partial charge in [-0.05, 0) is 43.0 Å². The molecule has 3 heteroatoms. The van der Waals surface area contributed by atoms with E-state index in [2.05, 4.69) is 0 Å². The molecule has 0 saturated carbocycles. The maximum absolute atomic E-state index is 10.9. The lowest BCUT2D eigenvalue weighted by Gasteiger charge is -2.15. The molecular formula is C12H17NO2. The minimum atomic E-state index is -0.876. The zero-order valence-corrected chi connectivity index (χ0v) is 9.37. The Morgan fingerprint density at radius 2 is 2.13 bits per heavy atom. The first-order valence-electron chi connectivity index (χ1n) is 5.10. The van der Waals surface area contributed by atoms with Crippen LogP contribution in [-0.2, 0) is 6.42 Å². The second-order valence-electron chi connectivity index (χ2n) is 3.75. The monoisotopic (exact) mass is 207 g/mol. The summed E-state index contributed by atoms with van der Waals surface area (Å²) in [4.78, 5) is 10.9. The molecule has 0 aliphatic heterocycles. The lowest BCUT2D eigenvalue weighted by atomic mass is 9.92. The van der Waals surface area contributed by atoms with Crippen LogP contribution in [0.15, 0.2) is 12.1 Å². The molecule has 82 valence electrons. The van der Waals surface area contributed by atoms with Gasteiger partial charge in [0.25, 0.3) is 0 Å². The van der Waals surface area contributed by atoms with E-state index in [0.29, 0.717) is 5.56 Å². The standard InChI is InChI=1S/C12H17NO2/c1-4-9-7(2)10(12(14)15)5-6-11(9)8(3)13/h5-6,8H,4,13H2,1-3H3,(H,14,15)/t8-/m0/s1. The van der Waals surface area contributed by atoms with Crippen LogP contribution in [0.25, 0.3) is 0 Å². The van der Waals surface area contributed by atoms with Gasteiger partial charge in [0.2, 0.25) is 0 Å². The number of nitrogens with two attached hydrogens (primary N) is 1. The molecule has 0 aliphatic carbocycles. The van der Waals surface area contributed by atoms with Gasteiger partial charge in [0.1, 0.15) is 0 Å². The molecule has 0 bridgehead atoms. The van der Waals surface area contributed by atoms with Crippen LogP contribution < -0.4 is 5.73 Å². The van der Waals surface area contributed by atoms with Crippen LogP contribution in [0.3, 0.4) is 0 Å². The molecule has 0 saturated heterocycles. The van der Waals surface area contributed by atoms with Gasteiger partial charge in [0.05, 0.1) is 5.56 Å². The minimum absolute atomic E-state index is 0.0542. The molecule has 1 aromatic rings. The number of aromatic carboxylic acids is 1. The Hall–Kier alpha value is -1.35. The largest absolute Gasteiger partial charge is 0.478 e. The molecule has 0 heterocycles.